The number of para-hydroxylation sites is 1. The van der Waals surface area contributed by atoms with Gasteiger partial charge in [-0.2, -0.15) is 0 Å². The van der Waals surface area contributed by atoms with Crippen LogP contribution in [0.25, 0.3) is 55.4 Å². The van der Waals surface area contributed by atoms with Crippen LogP contribution in [0.4, 0.5) is 0 Å². The maximum absolute atomic E-state index is 6.30. The number of hydrogen-bond acceptors (Lipinski definition) is 3. The maximum atomic E-state index is 6.30. The van der Waals surface area contributed by atoms with Crippen LogP contribution in [0.1, 0.15) is 5.69 Å². The first-order valence-electron chi connectivity index (χ1n) is 11.7. The van der Waals surface area contributed by atoms with Crippen molar-refractivity contribution in [1.82, 2.24) is 9.97 Å². The van der Waals surface area contributed by atoms with Crippen molar-refractivity contribution in [1.29, 1.82) is 0 Å². The molecule has 0 bridgehead atoms. The number of fused-ring (bicyclic) bond motifs is 4. The number of benzene rings is 3. The summed E-state index contributed by atoms with van der Waals surface area (Å²) >= 11 is -1.99. The summed E-state index contributed by atoms with van der Waals surface area (Å²) in [6.07, 6.45) is 0. The SMILES string of the molecule is Cc1ccc2c(n1)oc1c(-c3cc(-c4ccccc4)c4c[c]([Ge]([CH3])([CH3])[CH3])ccc4n3)cccc12. The molecule has 0 N–H and O–H groups in total. The van der Waals surface area contributed by atoms with E-state index in [-0.39, 0.29) is 0 Å². The van der Waals surface area contributed by atoms with Gasteiger partial charge in [0.2, 0.25) is 0 Å². The Morgan fingerprint density at radius 1 is 0.676 bits per heavy atom. The first kappa shape index (κ1) is 21.1. The van der Waals surface area contributed by atoms with E-state index in [0.29, 0.717) is 5.71 Å². The minimum atomic E-state index is -1.99. The van der Waals surface area contributed by atoms with Gasteiger partial charge in [0.1, 0.15) is 0 Å². The van der Waals surface area contributed by atoms with E-state index >= 15 is 0 Å². The molecule has 6 aromatic rings. The van der Waals surface area contributed by atoms with Gasteiger partial charge in [-0.05, 0) is 6.92 Å². The van der Waals surface area contributed by atoms with Crippen LogP contribution < -0.4 is 4.40 Å². The number of rotatable bonds is 3. The Morgan fingerprint density at radius 2 is 1.50 bits per heavy atom. The van der Waals surface area contributed by atoms with Crippen LogP contribution in [0, 0.1) is 6.92 Å². The normalized spacial score (nSPS) is 12.1. The summed E-state index contributed by atoms with van der Waals surface area (Å²) in [6.45, 7) is 1.99. The zero-order valence-corrected chi connectivity index (χ0v) is 22.0. The molecule has 4 heteroatoms. The first-order valence-corrected chi connectivity index (χ1v) is 19.0. The van der Waals surface area contributed by atoms with E-state index in [0.717, 1.165) is 38.8 Å². The fourth-order valence-electron chi connectivity index (χ4n) is 4.66. The average molecular weight is 503 g/mol. The Kier molecular flexibility index (Phi) is 4.85. The third-order valence-electron chi connectivity index (χ3n) is 6.54. The van der Waals surface area contributed by atoms with E-state index in [9.17, 15) is 0 Å². The fourth-order valence-corrected chi connectivity index (χ4v) is 7.10. The second kappa shape index (κ2) is 7.81. The number of hydrogen-bond donors (Lipinski definition) is 0. The molecule has 34 heavy (non-hydrogen) atoms. The standard InChI is InChI=1S/C30H26GeN2O/c1-19-13-15-23-22-11-8-12-24(29(22)34-30(23)32-19)28-18-25(20-9-6-5-7-10-20)26-17-21(31(2,3)4)14-16-27(26)33-28/h5-18H,1-4H3. The summed E-state index contributed by atoms with van der Waals surface area (Å²) in [5.41, 5.74) is 7.77. The van der Waals surface area contributed by atoms with Gasteiger partial charge in [-0.3, -0.25) is 0 Å². The summed E-state index contributed by atoms with van der Waals surface area (Å²) in [5, 5.41) is 3.31. The molecule has 3 nitrogen and oxygen atoms in total. The molecule has 0 fully saturated rings. The molecule has 0 aliphatic carbocycles. The van der Waals surface area contributed by atoms with Crippen molar-refractivity contribution < 1.29 is 4.42 Å². The summed E-state index contributed by atoms with van der Waals surface area (Å²) < 4.78 is 7.78. The minimum absolute atomic E-state index is 0.674. The molecule has 3 heterocycles. The van der Waals surface area contributed by atoms with Crippen LogP contribution in [0.3, 0.4) is 0 Å². The first-order chi connectivity index (χ1) is 16.4. The second-order valence-electron chi connectivity index (χ2n) is 9.99. The quantitative estimate of drug-likeness (QED) is 0.232. The van der Waals surface area contributed by atoms with Crippen LogP contribution in [-0.2, 0) is 0 Å². The number of aromatic nitrogens is 2. The third-order valence-corrected chi connectivity index (χ3v) is 10.8. The van der Waals surface area contributed by atoms with Crippen LogP contribution in [0.15, 0.2) is 89.3 Å². The van der Waals surface area contributed by atoms with Crippen LogP contribution in [0.5, 0.6) is 0 Å². The molecule has 166 valence electrons. The van der Waals surface area contributed by atoms with Gasteiger partial charge in [0.25, 0.3) is 0 Å². The van der Waals surface area contributed by atoms with Crippen molar-refractivity contribution in [2.24, 2.45) is 0 Å². The van der Waals surface area contributed by atoms with Crippen molar-refractivity contribution in [3.63, 3.8) is 0 Å². The van der Waals surface area contributed by atoms with Gasteiger partial charge in [0, 0.05) is 0 Å². The summed E-state index contributed by atoms with van der Waals surface area (Å²) in [4.78, 5) is 9.75. The third kappa shape index (κ3) is 3.52. The summed E-state index contributed by atoms with van der Waals surface area (Å²) in [5.74, 6) is 7.30. The molecule has 0 saturated heterocycles. The molecule has 0 spiro atoms. The zero-order chi connectivity index (χ0) is 23.4. The van der Waals surface area contributed by atoms with E-state index in [4.69, 9.17) is 9.40 Å². The molecule has 0 radical (unpaired) electrons. The number of nitrogens with zero attached hydrogens (tertiary/aromatic N) is 2. The van der Waals surface area contributed by atoms with Gasteiger partial charge in [-0.25, -0.2) is 0 Å². The van der Waals surface area contributed by atoms with Crippen LogP contribution in [0.2, 0.25) is 17.3 Å². The summed E-state index contributed by atoms with van der Waals surface area (Å²) in [6, 6.07) is 30.1. The van der Waals surface area contributed by atoms with Crippen molar-refractivity contribution in [2.75, 3.05) is 0 Å². The molecule has 0 amide bonds. The average Bonchev–Trinajstić information content (AvgIpc) is 3.20. The molecule has 0 atom stereocenters. The van der Waals surface area contributed by atoms with Gasteiger partial charge in [0.15, 0.2) is 0 Å². The second-order valence-corrected chi connectivity index (χ2v) is 20.6. The van der Waals surface area contributed by atoms with Gasteiger partial charge in [-0.1, -0.05) is 0 Å². The van der Waals surface area contributed by atoms with Gasteiger partial charge in [0.05, 0.1) is 0 Å². The van der Waals surface area contributed by atoms with Crippen molar-refractivity contribution >= 4 is 50.6 Å². The van der Waals surface area contributed by atoms with Crippen molar-refractivity contribution in [3.05, 3.63) is 90.6 Å². The van der Waals surface area contributed by atoms with Crippen LogP contribution in [-0.4, -0.2) is 23.2 Å². The monoisotopic (exact) mass is 504 g/mol. The van der Waals surface area contributed by atoms with E-state index in [1.54, 1.807) is 0 Å². The molecule has 3 aromatic carbocycles. The Morgan fingerprint density at radius 3 is 2.29 bits per heavy atom. The Bertz CT molecular complexity index is 1690. The topological polar surface area (TPSA) is 38.9 Å². The Balaban J connectivity index is 1.66. The van der Waals surface area contributed by atoms with E-state index in [1.165, 1.54) is 20.9 Å². The van der Waals surface area contributed by atoms with E-state index in [2.05, 4.69) is 101 Å². The Labute approximate surface area is 201 Å². The molecular weight excluding hydrogens is 477 g/mol. The molecular formula is C30H26GeN2O. The van der Waals surface area contributed by atoms with Gasteiger partial charge in [-0.15, -0.1) is 0 Å². The predicted octanol–water partition coefficient (Wildman–Crippen LogP) is 7.72. The molecule has 6 rings (SSSR count). The van der Waals surface area contributed by atoms with Crippen LogP contribution >= 0.6 is 0 Å². The molecule has 0 aliphatic rings. The number of aryl methyl sites for hydroxylation is 1. The van der Waals surface area contributed by atoms with E-state index in [1.807, 2.05) is 13.0 Å². The van der Waals surface area contributed by atoms with Gasteiger partial charge >= 0.3 is 195 Å². The van der Waals surface area contributed by atoms with E-state index < -0.39 is 13.3 Å². The number of furan rings is 1. The van der Waals surface area contributed by atoms with Crippen molar-refractivity contribution in [3.8, 4) is 22.4 Å². The molecule has 3 aromatic heterocycles. The molecule has 0 unspecified atom stereocenters. The summed E-state index contributed by atoms with van der Waals surface area (Å²) in [7, 11) is 0. The van der Waals surface area contributed by atoms with Crippen molar-refractivity contribution in [2.45, 2.75) is 24.2 Å². The molecule has 0 saturated carbocycles. The Hall–Kier alpha value is -3.44. The predicted molar refractivity (Wildman–Crippen MR) is 145 cm³/mol. The molecule has 0 aliphatic heterocycles. The zero-order valence-electron chi connectivity index (χ0n) is 19.9. The van der Waals surface area contributed by atoms with Gasteiger partial charge < -0.3 is 0 Å². The fraction of sp³-hybridized carbons (Fsp3) is 0.133. The number of pyridine rings is 2.